The van der Waals surface area contributed by atoms with Gasteiger partial charge in [0.2, 0.25) is 0 Å². The molecule has 102 valence electrons. The Bertz CT molecular complexity index is 194. The Morgan fingerprint density at radius 1 is 1.12 bits per heavy atom. The highest BCUT2D eigenvalue weighted by Gasteiger charge is 2.27. The Labute approximate surface area is 99.7 Å². The van der Waals surface area contributed by atoms with E-state index in [1.807, 2.05) is 0 Å². The maximum absolute atomic E-state index is 11.7. The van der Waals surface area contributed by atoms with Crippen molar-refractivity contribution in [2.24, 2.45) is 0 Å². The largest absolute Gasteiger partial charge is 0.411 e. The molecule has 1 rings (SSSR count). The van der Waals surface area contributed by atoms with Crippen LogP contribution in [0, 0.1) is 0 Å². The molecule has 1 aliphatic heterocycles. The summed E-state index contributed by atoms with van der Waals surface area (Å²) in [5.74, 6) is 0. The monoisotopic (exact) mass is 255 g/mol. The zero-order valence-corrected chi connectivity index (χ0v) is 9.89. The van der Waals surface area contributed by atoms with Crippen LogP contribution in [0.5, 0.6) is 0 Å². The van der Waals surface area contributed by atoms with Gasteiger partial charge in [-0.15, -0.1) is 0 Å². The minimum absolute atomic E-state index is 0.0948. The van der Waals surface area contributed by atoms with Gasteiger partial charge in [-0.1, -0.05) is 6.42 Å². The predicted molar refractivity (Wildman–Crippen MR) is 58.0 cm³/mol. The lowest BCUT2D eigenvalue weighted by Crippen LogP contribution is -2.37. The summed E-state index contributed by atoms with van der Waals surface area (Å²) in [4.78, 5) is 0. The smallest absolute Gasteiger partial charge is 0.380 e. The summed E-state index contributed by atoms with van der Waals surface area (Å²) in [6.07, 6.45) is -0.183. The fourth-order valence-electron chi connectivity index (χ4n) is 1.74. The van der Waals surface area contributed by atoms with Crippen molar-refractivity contribution < 1.29 is 22.6 Å². The molecule has 0 amide bonds. The molecule has 0 spiro atoms. The Morgan fingerprint density at radius 3 is 2.53 bits per heavy atom. The van der Waals surface area contributed by atoms with Crippen LogP contribution in [0.3, 0.4) is 0 Å². The molecule has 17 heavy (non-hydrogen) atoms. The summed E-state index contributed by atoms with van der Waals surface area (Å²) in [5, 5.41) is 3.34. The Balaban J connectivity index is 1.84. The number of alkyl halides is 3. The molecule has 0 radical (unpaired) electrons. The number of nitrogens with one attached hydrogen (secondary N) is 1. The van der Waals surface area contributed by atoms with E-state index in [-0.39, 0.29) is 6.61 Å². The van der Waals surface area contributed by atoms with Crippen LogP contribution in [0.1, 0.15) is 25.7 Å². The third-order valence-electron chi connectivity index (χ3n) is 2.57. The summed E-state index contributed by atoms with van der Waals surface area (Å²) in [6, 6.07) is 0.403. The first kappa shape index (κ1) is 14.7. The SMILES string of the molecule is FC(F)(F)COCCCOCC1CCCCN1. The maximum atomic E-state index is 11.7. The second-order valence-electron chi connectivity index (χ2n) is 4.24. The molecular formula is C11H20F3NO2. The molecule has 0 bridgehead atoms. The van der Waals surface area contributed by atoms with Crippen LogP contribution in [0.4, 0.5) is 13.2 Å². The predicted octanol–water partition coefficient (Wildman–Crippen LogP) is 2.11. The van der Waals surface area contributed by atoms with Gasteiger partial charge in [-0.05, 0) is 25.8 Å². The molecule has 0 aromatic rings. The quantitative estimate of drug-likeness (QED) is 0.707. The summed E-state index contributed by atoms with van der Waals surface area (Å²) >= 11 is 0. The summed E-state index contributed by atoms with van der Waals surface area (Å²) in [5.41, 5.74) is 0. The van der Waals surface area contributed by atoms with E-state index in [9.17, 15) is 13.2 Å². The van der Waals surface area contributed by atoms with E-state index in [4.69, 9.17) is 4.74 Å². The summed E-state index contributed by atoms with van der Waals surface area (Å²) in [6.45, 7) is 1.05. The van der Waals surface area contributed by atoms with Crippen molar-refractivity contribution in [2.45, 2.75) is 37.9 Å². The standard InChI is InChI=1S/C11H20F3NO2/c12-11(13,14)9-17-7-3-6-16-8-10-4-1-2-5-15-10/h10,15H,1-9H2. The van der Waals surface area contributed by atoms with Crippen molar-refractivity contribution in [3.8, 4) is 0 Å². The molecule has 1 fully saturated rings. The second-order valence-corrected chi connectivity index (χ2v) is 4.24. The number of rotatable bonds is 7. The Morgan fingerprint density at radius 2 is 1.88 bits per heavy atom. The van der Waals surface area contributed by atoms with Gasteiger partial charge in [0.25, 0.3) is 0 Å². The van der Waals surface area contributed by atoms with Crippen LogP contribution in [0.25, 0.3) is 0 Å². The molecule has 0 aromatic heterocycles. The van der Waals surface area contributed by atoms with Crippen LogP contribution in [0.15, 0.2) is 0 Å². The van der Waals surface area contributed by atoms with E-state index in [2.05, 4.69) is 10.1 Å². The van der Waals surface area contributed by atoms with Gasteiger partial charge in [0.05, 0.1) is 6.61 Å². The molecule has 1 unspecified atom stereocenters. The van der Waals surface area contributed by atoms with E-state index < -0.39 is 12.8 Å². The zero-order chi connectivity index (χ0) is 12.6. The van der Waals surface area contributed by atoms with Crippen molar-refractivity contribution in [3.63, 3.8) is 0 Å². The molecule has 1 aliphatic rings. The van der Waals surface area contributed by atoms with Gasteiger partial charge in [-0.25, -0.2) is 0 Å². The van der Waals surface area contributed by atoms with E-state index in [0.717, 1.165) is 13.0 Å². The molecule has 6 heteroatoms. The fourth-order valence-corrected chi connectivity index (χ4v) is 1.74. The number of ether oxygens (including phenoxy) is 2. The lowest BCUT2D eigenvalue weighted by molar-refractivity contribution is -0.174. The normalized spacial score (nSPS) is 21.7. The topological polar surface area (TPSA) is 30.5 Å². The van der Waals surface area contributed by atoms with E-state index in [1.165, 1.54) is 12.8 Å². The first-order valence-electron chi connectivity index (χ1n) is 6.03. The maximum Gasteiger partial charge on any atom is 0.411 e. The summed E-state index contributed by atoms with van der Waals surface area (Å²) < 4.78 is 45.0. The molecule has 0 aromatic carbocycles. The first-order valence-corrected chi connectivity index (χ1v) is 6.03. The lowest BCUT2D eigenvalue weighted by Gasteiger charge is -2.23. The van der Waals surface area contributed by atoms with Crippen LogP contribution in [0.2, 0.25) is 0 Å². The highest BCUT2D eigenvalue weighted by Crippen LogP contribution is 2.14. The third kappa shape index (κ3) is 8.40. The number of piperidine rings is 1. The van der Waals surface area contributed by atoms with Crippen molar-refractivity contribution in [1.29, 1.82) is 0 Å². The van der Waals surface area contributed by atoms with E-state index >= 15 is 0 Å². The van der Waals surface area contributed by atoms with Gasteiger partial charge in [0, 0.05) is 19.3 Å². The van der Waals surface area contributed by atoms with E-state index in [0.29, 0.717) is 25.7 Å². The molecule has 1 saturated heterocycles. The van der Waals surface area contributed by atoms with Crippen LogP contribution in [-0.4, -0.2) is 45.2 Å². The first-order chi connectivity index (χ1) is 8.08. The van der Waals surface area contributed by atoms with Gasteiger partial charge in [-0.2, -0.15) is 13.2 Å². The minimum atomic E-state index is -4.23. The molecular weight excluding hydrogens is 235 g/mol. The zero-order valence-electron chi connectivity index (χ0n) is 9.89. The minimum Gasteiger partial charge on any atom is -0.380 e. The van der Waals surface area contributed by atoms with Crippen LogP contribution >= 0.6 is 0 Å². The molecule has 3 nitrogen and oxygen atoms in total. The fraction of sp³-hybridized carbons (Fsp3) is 1.00. The van der Waals surface area contributed by atoms with Crippen molar-refractivity contribution in [1.82, 2.24) is 5.32 Å². The van der Waals surface area contributed by atoms with Gasteiger partial charge < -0.3 is 14.8 Å². The number of halogens is 3. The molecule has 1 N–H and O–H groups in total. The van der Waals surface area contributed by atoms with Crippen molar-refractivity contribution in [2.75, 3.05) is 33.0 Å². The van der Waals surface area contributed by atoms with Gasteiger partial charge in [0.1, 0.15) is 6.61 Å². The van der Waals surface area contributed by atoms with Crippen molar-refractivity contribution >= 4 is 0 Å². The number of hydrogen-bond donors (Lipinski definition) is 1. The molecule has 1 heterocycles. The summed E-state index contributed by atoms with van der Waals surface area (Å²) in [7, 11) is 0. The highest BCUT2D eigenvalue weighted by molar-refractivity contribution is 4.71. The van der Waals surface area contributed by atoms with Gasteiger partial charge in [0.15, 0.2) is 0 Å². The average molecular weight is 255 g/mol. The van der Waals surface area contributed by atoms with Gasteiger partial charge in [-0.3, -0.25) is 0 Å². The van der Waals surface area contributed by atoms with Crippen LogP contribution < -0.4 is 5.32 Å². The second kappa shape index (κ2) is 7.89. The molecule has 1 atom stereocenters. The van der Waals surface area contributed by atoms with Gasteiger partial charge >= 0.3 is 6.18 Å². The van der Waals surface area contributed by atoms with Crippen molar-refractivity contribution in [3.05, 3.63) is 0 Å². The third-order valence-corrected chi connectivity index (χ3v) is 2.57. The number of hydrogen-bond acceptors (Lipinski definition) is 3. The molecule has 0 saturated carbocycles. The molecule has 0 aliphatic carbocycles. The Hall–Kier alpha value is -0.330. The van der Waals surface area contributed by atoms with Crippen LogP contribution in [-0.2, 0) is 9.47 Å². The lowest BCUT2D eigenvalue weighted by atomic mass is 10.1. The highest BCUT2D eigenvalue weighted by atomic mass is 19.4. The van der Waals surface area contributed by atoms with E-state index in [1.54, 1.807) is 0 Å². The Kier molecular flexibility index (Phi) is 6.84. The average Bonchev–Trinajstić information content (AvgIpc) is 2.28.